The van der Waals surface area contributed by atoms with Crippen LogP contribution in [0.4, 0.5) is 11.5 Å². The van der Waals surface area contributed by atoms with E-state index in [1.807, 2.05) is 7.05 Å². The maximum absolute atomic E-state index is 5.94. The molecule has 5 N–H and O–H groups in total. The molecule has 0 fully saturated rings. The number of anilines is 2. The molecule has 0 radical (unpaired) electrons. The Labute approximate surface area is 84.5 Å². The van der Waals surface area contributed by atoms with E-state index in [-0.39, 0.29) is 0 Å². The minimum atomic E-state index is 0.591. The van der Waals surface area contributed by atoms with E-state index in [2.05, 4.69) is 17.3 Å². The third-order valence-electron chi connectivity index (χ3n) is 2.08. The van der Waals surface area contributed by atoms with E-state index in [1.165, 1.54) is 0 Å². The van der Waals surface area contributed by atoms with Crippen molar-refractivity contribution in [2.75, 3.05) is 24.1 Å². The number of aromatic nitrogens is 2. The zero-order valence-electron chi connectivity index (χ0n) is 8.88. The highest BCUT2D eigenvalue weighted by atomic mass is 15.3. The molecule has 1 rings (SSSR count). The molecular formula is C9H19N5. The number of rotatable bonds is 5. The average Bonchev–Trinajstić information content (AvgIpc) is 2.41. The van der Waals surface area contributed by atoms with Gasteiger partial charge in [0.2, 0.25) is 0 Å². The summed E-state index contributed by atoms with van der Waals surface area (Å²) in [7, 11) is 1.88. The highest BCUT2D eigenvalue weighted by Crippen LogP contribution is 2.22. The molecule has 0 aliphatic heterocycles. The molecule has 0 atom stereocenters. The van der Waals surface area contributed by atoms with Crippen molar-refractivity contribution in [3.8, 4) is 0 Å². The number of aryl methyl sites for hydroxylation is 2. The van der Waals surface area contributed by atoms with Crippen molar-refractivity contribution in [2.24, 2.45) is 12.8 Å². The van der Waals surface area contributed by atoms with Crippen LogP contribution in [0.25, 0.3) is 0 Å². The molecule has 0 aromatic carbocycles. The lowest BCUT2D eigenvalue weighted by Gasteiger charge is -2.05. The molecule has 0 aliphatic carbocycles. The summed E-state index contributed by atoms with van der Waals surface area (Å²) in [6, 6.07) is 0. The monoisotopic (exact) mass is 197 g/mol. The van der Waals surface area contributed by atoms with Crippen LogP contribution in [-0.4, -0.2) is 22.9 Å². The Morgan fingerprint density at radius 3 is 2.79 bits per heavy atom. The predicted molar refractivity (Wildman–Crippen MR) is 59.2 cm³/mol. The quantitative estimate of drug-likeness (QED) is 0.635. The number of nitrogens with zero attached hydrogens (tertiary/aromatic N) is 2. The van der Waals surface area contributed by atoms with Crippen LogP contribution in [0.5, 0.6) is 0 Å². The van der Waals surface area contributed by atoms with E-state index in [4.69, 9.17) is 11.5 Å². The Morgan fingerprint density at radius 2 is 2.21 bits per heavy atom. The Morgan fingerprint density at radius 1 is 1.50 bits per heavy atom. The van der Waals surface area contributed by atoms with E-state index < -0.39 is 0 Å². The maximum Gasteiger partial charge on any atom is 0.147 e. The van der Waals surface area contributed by atoms with E-state index in [9.17, 15) is 0 Å². The van der Waals surface area contributed by atoms with Gasteiger partial charge in [0.15, 0.2) is 0 Å². The van der Waals surface area contributed by atoms with Crippen molar-refractivity contribution in [1.82, 2.24) is 9.78 Å². The summed E-state index contributed by atoms with van der Waals surface area (Å²) in [6.07, 6.45) is 1.97. The van der Waals surface area contributed by atoms with Gasteiger partial charge in [0.1, 0.15) is 5.82 Å². The molecule has 0 aliphatic rings. The third-order valence-corrected chi connectivity index (χ3v) is 2.08. The van der Waals surface area contributed by atoms with E-state index in [0.29, 0.717) is 6.54 Å². The van der Waals surface area contributed by atoms with Crippen molar-refractivity contribution in [2.45, 2.75) is 19.8 Å². The Hall–Kier alpha value is -1.23. The van der Waals surface area contributed by atoms with E-state index >= 15 is 0 Å². The van der Waals surface area contributed by atoms with Crippen molar-refractivity contribution in [3.05, 3.63) is 5.69 Å². The Balaban J connectivity index is 2.81. The predicted octanol–water partition coefficient (Wildman–Crippen LogP) is 0.325. The summed E-state index contributed by atoms with van der Waals surface area (Å²) in [6.45, 7) is 3.42. The molecule has 1 heterocycles. The van der Waals surface area contributed by atoms with Crippen LogP contribution in [-0.2, 0) is 13.5 Å². The molecule has 5 nitrogen and oxygen atoms in total. The molecule has 0 amide bonds. The SMILES string of the molecule is CCCc1nn(C)c(NCCN)c1N. The second-order valence-corrected chi connectivity index (χ2v) is 3.30. The Kier molecular flexibility index (Phi) is 3.76. The van der Waals surface area contributed by atoms with Gasteiger partial charge in [-0.3, -0.25) is 4.68 Å². The van der Waals surface area contributed by atoms with Gasteiger partial charge in [-0.05, 0) is 6.42 Å². The standard InChI is InChI=1S/C9H19N5/c1-3-4-7-8(11)9(12-6-5-10)14(2)13-7/h12H,3-6,10-11H2,1-2H3. The molecule has 0 bridgehead atoms. The van der Waals surface area contributed by atoms with Crippen LogP contribution in [0.2, 0.25) is 0 Å². The summed E-state index contributed by atoms with van der Waals surface area (Å²) >= 11 is 0. The van der Waals surface area contributed by atoms with Gasteiger partial charge in [-0.2, -0.15) is 5.10 Å². The van der Waals surface area contributed by atoms with Crippen molar-refractivity contribution >= 4 is 11.5 Å². The largest absolute Gasteiger partial charge is 0.394 e. The van der Waals surface area contributed by atoms with E-state index in [0.717, 1.165) is 36.6 Å². The van der Waals surface area contributed by atoms with Crippen LogP contribution in [0.1, 0.15) is 19.0 Å². The summed E-state index contributed by atoms with van der Waals surface area (Å²) in [5, 5.41) is 7.50. The van der Waals surface area contributed by atoms with Gasteiger partial charge in [0.05, 0.1) is 11.4 Å². The molecule has 1 aromatic heterocycles. The van der Waals surface area contributed by atoms with Crippen molar-refractivity contribution in [3.63, 3.8) is 0 Å². The third kappa shape index (κ3) is 2.17. The van der Waals surface area contributed by atoms with Gasteiger partial charge in [-0.25, -0.2) is 0 Å². The van der Waals surface area contributed by atoms with Crippen LogP contribution < -0.4 is 16.8 Å². The molecule has 1 aromatic rings. The summed E-state index contributed by atoms with van der Waals surface area (Å²) < 4.78 is 1.77. The van der Waals surface area contributed by atoms with Gasteiger partial charge in [0, 0.05) is 20.1 Å². The first-order valence-electron chi connectivity index (χ1n) is 4.96. The van der Waals surface area contributed by atoms with Gasteiger partial charge in [0.25, 0.3) is 0 Å². The molecule has 0 saturated carbocycles. The first-order chi connectivity index (χ1) is 6.70. The summed E-state index contributed by atoms with van der Waals surface area (Å²) in [5.74, 6) is 0.874. The number of hydrogen-bond acceptors (Lipinski definition) is 4. The molecule has 80 valence electrons. The lowest BCUT2D eigenvalue weighted by molar-refractivity contribution is 0.735. The van der Waals surface area contributed by atoms with Crippen LogP contribution in [0, 0.1) is 0 Å². The normalized spacial score (nSPS) is 10.5. The van der Waals surface area contributed by atoms with Gasteiger partial charge in [-0.1, -0.05) is 13.3 Å². The van der Waals surface area contributed by atoms with Gasteiger partial charge >= 0.3 is 0 Å². The minimum absolute atomic E-state index is 0.591. The number of nitrogen functional groups attached to an aromatic ring is 1. The second-order valence-electron chi connectivity index (χ2n) is 3.30. The highest BCUT2D eigenvalue weighted by Gasteiger charge is 2.11. The molecular weight excluding hydrogens is 178 g/mol. The fourth-order valence-electron chi connectivity index (χ4n) is 1.42. The van der Waals surface area contributed by atoms with Crippen molar-refractivity contribution < 1.29 is 0 Å². The summed E-state index contributed by atoms with van der Waals surface area (Å²) in [4.78, 5) is 0. The van der Waals surface area contributed by atoms with Crippen molar-refractivity contribution in [1.29, 1.82) is 0 Å². The average molecular weight is 197 g/mol. The lowest BCUT2D eigenvalue weighted by Crippen LogP contribution is -2.15. The highest BCUT2D eigenvalue weighted by molar-refractivity contribution is 5.65. The van der Waals surface area contributed by atoms with Crippen LogP contribution in [0.15, 0.2) is 0 Å². The second kappa shape index (κ2) is 4.85. The van der Waals surface area contributed by atoms with E-state index in [1.54, 1.807) is 4.68 Å². The number of nitrogens with two attached hydrogens (primary N) is 2. The minimum Gasteiger partial charge on any atom is -0.394 e. The summed E-state index contributed by atoms with van der Waals surface area (Å²) in [5.41, 5.74) is 13.1. The fraction of sp³-hybridized carbons (Fsp3) is 0.667. The van der Waals surface area contributed by atoms with Gasteiger partial charge in [-0.15, -0.1) is 0 Å². The number of hydrogen-bond donors (Lipinski definition) is 3. The topological polar surface area (TPSA) is 81.9 Å². The zero-order valence-corrected chi connectivity index (χ0v) is 8.88. The maximum atomic E-state index is 5.94. The van der Waals surface area contributed by atoms with Crippen LogP contribution in [0.3, 0.4) is 0 Å². The lowest BCUT2D eigenvalue weighted by atomic mass is 10.2. The first-order valence-corrected chi connectivity index (χ1v) is 4.96. The molecule has 0 saturated heterocycles. The molecule has 0 unspecified atom stereocenters. The molecule has 0 spiro atoms. The number of nitrogens with one attached hydrogen (secondary N) is 1. The van der Waals surface area contributed by atoms with Gasteiger partial charge < -0.3 is 16.8 Å². The fourth-order valence-corrected chi connectivity index (χ4v) is 1.42. The Bertz CT molecular complexity index is 292. The smallest absolute Gasteiger partial charge is 0.147 e. The zero-order chi connectivity index (χ0) is 10.6. The molecule has 5 heteroatoms. The molecule has 14 heavy (non-hydrogen) atoms. The first kappa shape index (κ1) is 10.8. The van der Waals surface area contributed by atoms with Crippen LogP contribution >= 0.6 is 0 Å².